The SMILES string of the molecule is COc1ccc(CC2c3cc(OC)c(OC)cc3SCCN2CC(=O)NC2CCCc3ccccc32)cc1OC. The molecule has 3 aromatic rings. The number of benzene rings is 3. The number of aryl methyl sites for hydroxylation is 1. The highest BCUT2D eigenvalue weighted by atomic mass is 32.2. The van der Waals surface area contributed by atoms with Crippen LogP contribution in [0.5, 0.6) is 23.0 Å². The molecule has 0 bridgehead atoms. The Morgan fingerprint density at radius 1 is 0.900 bits per heavy atom. The molecule has 1 N–H and O–H groups in total. The summed E-state index contributed by atoms with van der Waals surface area (Å²) in [5, 5.41) is 3.36. The van der Waals surface area contributed by atoms with Crippen molar-refractivity contribution in [1.29, 1.82) is 0 Å². The molecule has 1 amide bonds. The summed E-state index contributed by atoms with van der Waals surface area (Å²) >= 11 is 1.79. The van der Waals surface area contributed by atoms with Crippen LogP contribution in [-0.2, 0) is 17.6 Å². The third-order valence-corrected chi connectivity index (χ3v) is 8.93. The quantitative estimate of drug-likeness (QED) is 0.364. The molecular formula is C32H38N2O5S. The van der Waals surface area contributed by atoms with Crippen LogP contribution in [0.1, 0.15) is 47.2 Å². The molecule has 1 aliphatic carbocycles. The lowest BCUT2D eigenvalue weighted by atomic mass is 9.88. The zero-order valence-electron chi connectivity index (χ0n) is 23.7. The smallest absolute Gasteiger partial charge is 0.234 e. The number of hydrogen-bond donors (Lipinski definition) is 1. The third-order valence-electron chi connectivity index (χ3n) is 7.88. The van der Waals surface area contributed by atoms with Gasteiger partial charge in [-0.15, -0.1) is 11.8 Å². The van der Waals surface area contributed by atoms with E-state index in [0.29, 0.717) is 36.0 Å². The van der Waals surface area contributed by atoms with Gasteiger partial charge in [-0.05, 0) is 72.2 Å². The predicted octanol–water partition coefficient (Wildman–Crippen LogP) is 5.61. The Balaban J connectivity index is 1.45. The minimum Gasteiger partial charge on any atom is -0.493 e. The van der Waals surface area contributed by atoms with Crippen molar-refractivity contribution in [3.8, 4) is 23.0 Å². The van der Waals surface area contributed by atoms with Gasteiger partial charge in [0.1, 0.15) is 0 Å². The van der Waals surface area contributed by atoms with E-state index in [9.17, 15) is 4.79 Å². The molecule has 2 atom stereocenters. The number of fused-ring (bicyclic) bond motifs is 2. The standard InChI is InChI=1S/C32H38N2O5S/c1-36-27-13-12-21(17-28(27)37-2)16-26-24-18-29(38-3)30(39-4)19-31(24)40-15-14-34(26)20-32(35)33-25-11-7-9-22-8-5-6-10-23(22)25/h5-6,8,10,12-13,17-19,25-26H,7,9,11,14-16,20H2,1-4H3,(H,33,35). The van der Waals surface area contributed by atoms with Gasteiger partial charge in [-0.1, -0.05) is 30.3 Å². The predicted molar refractivity (Wildman–Crippen MR) is 158 cm³/mol. The summed E-state index contributed by atoms with van der Waals surface area (Å²) in [4.78, 5) is 17.0. The number of rotatable bonds is 9. The first-order chi connectivity index (χ1) is 19.5. The van der Waals surface area contributed by atoms with Crippen molar-refractivity contribution >= 4 is 17.7 Å². The number of carbonyl (C=O) groups excluding carboxylic acids is 1. The fraction of sp³-hybridized carbons (Fsp3) is 0.406. The van der Waals surface area contributed by atoms with Crippen molar-refractivity contribution in [1.82, 2.24) is 10.2 Å². The summed E-state index contributed by atoms with van der Waals surface area (Å²) in [5.74, 6) is 3.69. The summed E-state index contributed by atoms with van der Waals surface area (Å²) in [7, 11) is 6.61. The molecule has 0 fully saturated rings. The van der Waals surface area contributed by atoms with Crippen molar-refractivity contribution in [2.75, 3.05) is 47.3 Å². The summed E-state index contributed by atoms with van der Waals surface area (Å²) in [5.41, 5.74) is 4.82. The number of nitrogens with one attached hydrogen (secondary N) is 1. The molecule has 0 aromatic heterocycles. The van der Waals surface area contributed by atoms with Crippen molar-refractivity contribution in [2.24, 2.45) is 0 Å². The lowest BCUT2D eigenvalue weighted by Gasteiger charge is -2.32. The van der Waals surface area contributed by atoms with Crippen LogP contribution in [-0.4, -0.2) is 58.1 Å². The van der Waals surface area contributed by atoms with Gasteiger partial charge in [-0.3, -0.25) is 9.69 Å². The lowest BCUT2D eigenvalue weighted by Crippen LogP contribution is -2.42. The zero-order chi connectivity index (χ0) is 28.1. The number of nitrogens with zero attached hydrogens (tertiary/aromatic N) is 1. The van der Waals surface area contributed by atoms with E-state index in [1.54, 1.807) is 40.2 Å². The number of methoxy groups -OCH3 is 4. The number of ether oxygens (including phenoxy) is 4. The average molecular weight is 563 g/mol. The molecule has 8 heteroatoms. The van der Waals surface area contributed by atoms with E-state index < -0.39 is 0 Å². The van der Waals surface area contributed by atoms with E-state index >= 15 is 0 Å². The summed E-state index contributed by atoms with van der Waals surface area (Å²) in [6.45, 7) is 1.08. The highest BCUT2D eigenvalue weighted by molar-refractivity contribution is 7.99. The second kappa shape index (κ2) is 12.9. The molecule has 7 nitrogen and oxygen atoms in total. The molecule has 5 rings (SSSR count). The van der Waals surface area contributed by atoms with Crippen LogP contribution in [0.3, 0.4) is 0 Å². The molecule has 0 saturated carbocycles. The molecule has 0 saturated heterocycles. The molecule has 1 aliphatic heterocycles. The highest BCUT2D eigenvalue weighted by Crippen LogP contribution is 2.43. The summed E-state index contributed by atoms with van der Waals surface area (Å²) in [6.07, 6.45) is 3.82. The van der Waals surface area contributed by atoms with Gasteiger partial charge < -0.3 is 24.3 Å². The van der Waals surface area contributed by atoms with E-state index in [-0.39, 0.29) is 18.0 Å². The van der Waals surface area contributed by atoms with Crippen LogP contribution in [0.2, 0.25) is 0 Å². The zero-order valence-corrected chi connectivity index (χ0v) is 24.5. The van der Waals surface area contributed by atoms with Gasteiger partial charge in [0.2, 0.25) is 5.91 Å². The van der Waals surface area contributed by atoms with E-state index in [2.05, 4.69) is 52.7 Å². The molecule has 3 aromatic carbocycles. The largest absolute Gasteiger partial charge is 0.493 e. The second-order valence-corrected chi connectivity index (χ2v) is 11.3. The monoisotopic (exact) mass is 562 g/mol. The second-order valence-electron chi connectivity index (χ2n) is 10.2. The fourth-order valence-electron chi connectivity index (χ4n) is 5.87. The Kier molecular flexibility index (Phi) is 9.07. The summed E-state index contributed by atoms with van der Waals surface area (Å²) in [6, 6.07) is 18.6. The molecular weight excluding hydrogens is 524 g/mol. The molecule has 1 heterocycles. The maximum Gasteiger partial charge on any atom is 0.234 e. The Labute approximate surface area is 241 Å². The normalized spacial score (nSPS) is 18.6. The molecule has 2 aliphatic rings. The molecule has 0 radical (unpaired) electrons. The van der Waals surface area contributed by atoms with Crippen LogP contribution in [0.25, 0.3) is 0 Å². The van der Waals surface area contributed by atoms with Gasteiger partial charge >= 0.3 is 0 Å². The molecule has 2 unspecified atom stereocenters. The van der Waals surface area contributed by atoms with Crippen LogP contribution in [0, 0.1) is 0 Å². The summed E-state index contributed by atoms with van der Waals surface area (Å²) < 4.78 is 22.4. The van der Waals surface area contributed by atoms with E-state index in [0.717, 1.165) is 47.6 Å². The number of hydrogen-bond acceptors (Lipinski definition) is 7. The van der Waals surface area contributed by atoms with E-state index in [4.69, 9.17) is 18.9 Å². The maximum atomic E-state index is 13.6. The van der Waals surface area contributed by atoms with Crippen LogP contribution in [0.4, 0.5) is 0 Å². The number of carbonyl (C=O) groups is 1. The van der Waals surface area contributed by atoms with Crippen molar-refractivity contribution in [2.45, 2.75) is 42.7 Å². The van der Waals surface area contributed by atoms with Gasteiger partial charge in [-0.25, -0.2) is 0 Å². The molecule has 212 valence electrons. The van der Waals surface area contributed by atoms with Gasteiger partial charge in [-0.2, -0.15) is 0 Å². The Morgan fingerprint density at radius 2 is 1.62 bits per heavy atom. The number of amides is 1. The van der Waals surface area contributed by atoms with Crippen molar-refractivity contribution in [3.05, 3.63) is 76.9 Å². The first-order valence-corrected chi connectivity index (χ1v) is 14.7. The van der Waals surface area contributed by atoms with Gasteiger partial charge in [0.05, 0.1) is 41.0 Å². The van der Waals surface area contributed by atoms with Crippen molar-refractivity contribution in [3.63, 3.8) is 0 Å². The number of thioether (sulfide) groups is 1. The Bertz CT molecular complexity index is 1350. The van der Waals surface area contributed by atoms with E-state index in [1.807, 2.05) is 12.1 Å². The van der Waals surface area contributed by atoms with Crippen LogP contribution < -0.4 is 24.3 Å². The first kappa shape index (κ1) is 28.2. The Hall–Kier alpha value is -3.36. The van der Waals surface area contributed by atoms with Crippen molar-refractivity contribution < 1.29 is 23.7 Å². The van der Waals surface area contributed by atoms with Crippen LogP contribution in [0.15, 0.2) is 59.5 Å². The Morgan fingerprint density at radius 3 is 2.40 bits per heavy atom. The van der Waals surface area contributed by atoms with E-state index in [1.165, 1.54) is 11.1 Å². The minimum absolute atomic E-state index is 0.0488. The van der Waals surface area contributed by atoms with Gasteiger partial charge in [0, 0.05) is 23.2 Å². The highest BCUT2D eigenvalue weighted by Gasteiger charge is 2.31. The van der Waals surface area contributed by atoms with Gasteiger partial charge in [0.15, 0.2) is 23.0 Å². The average Bonchev–Trinajstić information content (AvgIpc) is 3.14. The first-order valence-electron chi connectivity index (χ1n) is 13.8. The fourth-order valence-corrected chi connectivity index (χ4v) is 6.97. The van der Waals surface area contributed by atoms with Crippen LogP contribution >= 0.6 is 11.8 Å². The molecule has 0 spiro atoms. The minimum atomic E-state index is -0.0488. The lowest BCUT2D eigenvalue weighted by molar-refractivity contribution is -0.123. The molecule has 40 heavy (non-hydrogen) atoms. The topological polar surface area (TPSA) is 69.3 Å². The maximum absolute atomic E-state index is 13.6. The van der Waals surface area contributed by atoms with Gasteiger partial charge in [0.25, 0.3) is 0 Å². The third kappa shape index (κ3) is 6.03.